The van der Waals surface area contributed by atoms with E-state index in [0.717, 1.165) is 18.7 Å². The Morgan fingerprint density at radius 2 is 1.71 bits per heavy atom. The Balaban J connectivity index is 1.30. The van der Waals surface area contributed by atoms with E-state index in [9.17, 15) is 13.2 Å². The van der Waals surface area contributed by atoms with Gasteiger partial charge in [0.2, 0.25) is 15.9 Å². The number of hydrogen-bond acceptors (Lipinski definition) is 6. The first-order valence-corrected chi connectivity index (χ1v) is 14.2. The van der Waals surface area contributed by atoms with E-state index in [-0.39, 0.29) is 24.9 Å². The number of hydrogen-bond donors (Lipinski definition) is 1. The number of piperidine rings is 1. The molecule has 1 saturated heterocycles. The van der Waals surface area contributed by atoms with E-state index < -0.39 is 10.0 Å². The van der Waals surface area contributed by atoms with Gasteiger partial charge in [-0.25, -0.2) is 8.42 Å². The first kappa shape index (κ1) is 25.2. The second kappa shape index (κ2) is 11.2. The van der Waals surface area contributed by atoms with Gasteiger partial charge < -0.3 is 19.7 Å². The molecule has 0 saturated carbocycles. The first-order chi connectivity index (χ1) is 16.8. The fourth-order valence-corrected chi connectivity index (χ4v) is 5.54. The summed E-state index contributed by atoms with van der Waals surface area (Å²) in [5.41, 5.74) is 2.78. The molecule has 0 spiro atoms. The zero-order valence-corrected chi connectivity index (χ0v) is 21.4. The number of carbonyl (C=O) groups is 1. The summed E-state index contributed by atoms with van der Waals surface area (Å²) in [7, 11) is -3.52. The van der Waals surface area contributed by atoms with E-state index in [2.05, 4.69) is 34.5 Å². The minimum absolute atomic E-state index is 0.103. The van der Waals surface area contributed by atoms with Gasteiger partial charge in [0, 0.05) is 37.8 Å². The predicted molar refractivity (Wildman–Crippen MR) is 138 cm³/mol. The molecule has 2 heterocycles. The van der Waals surface area contributed by atoms with Gasteiger partial charge in [-0.15, -0.1) is 0 Å². The molecule has 1 fully saturated rings. The Kier molecular flexibility index (Phi) is 8.05. The normalized spacial score (nSPS) is 16.5. The highest BCUT2D eigenvalue weighted by Gasteiger charge is 2.21. The molecular weight excluding hydrogens is 466 g/mol. The highest BCUT2D eigenvalue weighted by Crippen LogP contribution is 2.34. The number of benzene rings is 2. The number of fused-ring (bicyclic) bond motifs is 1. The average Bonchev–Trinajstić information content (AvgIpc) is 2.86. The molecule has 190 valence electrons. The number of nitrogens with zero attached hydrogens (tertiary/aromatic N) is 2. The second-order valence-corrected chi connectivity index (χ2v) is 11.1. The van der Waals surface area contributed by atoms with Crippen molar-refractivity contribution in [3.05, 3.63) is 48.0 Å². The van der Waals surface area contributed by atoms with Crippen molar-refractivity contribution < 1.29 is 22.7 Å². The summed E-state index contributed by atoms with van der Waals surface area (Å²) in [5, 5.41) is 3.03. The predicted octanol–water partition coefficient (Wildman–Crippen LogP) is 3.87. The quantitative estimate of drug-likeness (QED) is 0.561. The molecule has 0 radical (unpaired) electrons. The summed E-state index contributed by atoms with van der Waals surface area (Å²) >= 11 is 0. The molecule has 0 aromatic heterocycles. The van der Waals surface area contributed by atoms with E-state index in [1.165, 1.54) is 35.5 Å². The van der Waals surface area contributed by atoms with Crippen LogP contribution in [0.3, 0.4) is 0 Å². The third kappa shape index (κ3) is 6.60. The van der Waals surface area contributed by atoms with Crippen LogP contribution in [0, 0.1) is 0 Å². The van der Waals surface area contributed by atoms with Gasteiger partial charge in [-0.05, 0) is 62.4 Å². The monoisotopic (exact) mass is 501 g/mol. The molecule has 0 unspecified atom stereocenters. The topological polar surface area (TPSA) is 88.2 Å². The lowest BCUT2D eigenvalue weighted by molar-refractivity contribution is -0.121. The van der Waals surface area contributed by atoms with E-state index in [4.69, 9.17) is 9.47 Å². The molecular formula is C26H35N3O5S. The lowest BCUT2D eigenvalue weighted by atomic mass is 10.1. The summed E-state index contributed by atoms with van der Waals surface area (Å²) in [6.45, 7) is 5.26. The molecule has 9 heteroatoms. The van der Waals surface area contributed by atoms with Crippen LogP contribution in [0.15, 0.2) is 42.5 Å². The van der Waals surface area contributed by atoms with Crippen LogP contribution in [0.4, 0.5) is 11.4 Å². The standard InChI is InChI=1S/C26H35N3O5S/c1-20(21-8-10-22(11-9-21)28-14-4-3-5-15-28)27-26(30)7-6-16-29(35(2,31)32)23-12-13-24-25(19-23)34-18-17-33-24/h8-13,19-20H,3-7,14-18H2,1-2H3,(H,27,30)/t20-/m0/s1. The van der Waals surface area contributed by atoms with E-state index >= 15 is 0 Å². The summed E-state index contributed by atoms with van der Waals surface area (Å²) in [6.07, 6.45) is 5.57. The summed E-state index contributed by atoms with van der Waals surface area (Å²) < 4.78 is 37.3. The lowest BCUT2D eigenvalue weighted by Gasteiger charge is -2.29. The van der Waals surface area contributed by atoms with Crippen molar-refractivity contribution in [3.63, 3.8) is 0 Å². The molecule has 2 aromatic rings. The van der Waals surface area contributed by atoms with Gasteiger partial charge in [0.15, 0.2) is 11.5 Å². The highest BCUT2D eigenvalue weighted by atomic mass is 32.2. The van der Waals surface area contributed by atoms with Crippen LogP contribution in [0.2, 0.25) is 0 Å². The van der Waals surface area contributed by atoms with Gasteiger partial charge in [0.05, 0.1) is 18.0 Å². The van der Waals surface area contributed by atoms with Crippen molar-refractivity contribution in [2.75, 3.05) is 48.3 Å². The lowest BCUT2D eigenvalue weighted by Crippen LogP contribution is -2.32. The van der Waals surface area contributed by atoms with E-state index in [1.54, 1.807) is 18.2 Å². The molecule has 1 atom stereocenters. The zero-order valence-electron chi connectivity index (χ0n) is 20.5. The number of nitrogens with one attached hydrogen (secondary N) is 1. The first-order valence-electron chi connectivity index (χ1n) is 12.3. The minimum atomic E-state index is -3.52. The molecule has 35 heavy (non-hydrogen) atoms. The van der Waals surface area contributed by atoms with Crippen molar-refractivity contribution >= 4 is 27.3 Å². The van der Waals surface area contributed by atoms with Gasteiger partial charge in [-0.2, -0.15) is 0 Å². The number of rotatable bonds is 9. The smallest absolute Gasteiger partial charge is 0.232 e. The van der Waals surface area contributed by atoms with Crippen molar-refractivity contribution in [2.24, 2.45) is 0 Å². The molecule has 2 aliphatic heterocycles. The maximum Gasteiger partial charge on any atom is 0.232 e. The van der Waals surface area contributed by atoms with Crippen LogP contribution in [-0.2, 0) is 14.8 Å². The van der Waals surface area contributed by atoms with Crippen molar-refractivity contribution in [3.8, 4) is 11.5 Å². The fraction of sp³-hybridized carbons (Fsp3) is 0.500. The molecule has 1 amide bonds. The van der Waals surface area contributed by atoms with Crippen LogP contribution < -0.4 is 24.0 Å². The van der Waals surface area contributed by atoms with Gasteiger partial charge in [0.25, 0.3) is 0 Å². The SMILES string of the molecule is C[C@H](NC(=O)CCCN(c1ccc2c(c1)OCCO2)S(C)(=O)=O)c1ccc(N2CCCCC2)cc1. The highest BCUT2D eigenvalue weighted by molar-refractivity contribution is 7.92. The van der Waals surface area contributed by atoms with E-state index in [1.807, 2.05) is 6.92 Å². The van der Waals surface area contributed by atoms with Gasteiger partial charge in [0.1, 0.15) is 13.2 Å². The second-order valence-electron chi connectivity index (χ2n) is 9.20. The van der Waals surface area contributed by atoms with Gasteiger partial charge in [-0.1, -0.05) is 12.1 Å². The van der Waals surface area contributed by atoms with Crippen LogP contribution in [0.1, 0.15) is 50.6 Å². The van der Waals surface area contributed by atoms with E-state index in [0.29, 0.717) is 36.8 Å². The van der Waals surface area contributed by atoms with Crippen LogP contribution in [0.5, 0.6) is 11.5 Å². The average molecular weight is 502 g/mol. The molecule has 4 rings (SSSR count). The van der Waals surface area contributed by atoms with Crippen LogP contribution in [-0.4, -0.2) is 53.4 Å². The summed E-state index contributed by atoms with van der Waals surface area (Å²) in [6, 6.07) is 13.4. The molecule has 8 nitrogen and oxygen atoms in total. The van der Waals surface area contributed by atoms with Gasteiger partial charge >= 0.3 is 0 Å². The van der Waals surface area contributed by atoms with Gasteiger partial charge in [-0.3, -0.25) is 9.10 Å². The molecule has 1 N–H and O–H groups in total. The minimum Gasteiger partial charge on any atom is -0.486 e. The Bertz CT molecular complexity index is 1110. The Morgan fingerprint density at radius 3 is 2.40 bits per heavy atom. The molecule has 2 aromatic carbocycles. The van der Waals surface area contributed by atoms with Crippen molar-refractivity contribution in [1.82, 2.24) is 5.32 Å². The largest absolute Gasteiger partial charge is 0.486 e. The third-order valence-electron chi connectivity index (χ3n) is 6.47. The number of carbonyl (C=O) groups excluding carboxylic acids is 1. The molecule has 2 aliphatic rings. The van der Waals surface area contributed by atoms with Crippen molar-refractivity contribution in [2.45, 2.75) is 45.1 Å². The van der Waals surface area contributed by atoms with Crippen LogP contribution in [0.25, 0.3) is 0 Å². The number of amides is 1. The summed E-state index contributed by atoms with van der Waals surface area (Å²) in [5.74, 6) is 1.03. The maximum absolute atomic E-state index is 12.6. The fourth-order valence-electron chi connectivity index (χ4n) is 4.58. The Morgan fingerprint density at radius 1 is 1.03 bits per heavy atom. The number of anilines is 2. The molecule has 0 aliphatic carbocycles. The number of ether oxygens (including phenoxy) is 2. The third-order valence-corrected chi connectivity index (χ3v) is 7.66. The van der Waals surface area contributed by atoms with Crippen LogP contribution >= 0.6 is 0 Å². The van der Waals surface area contributed by atoms with Crippen molar-refractivity contribution in [1.29, 1.82) is 0 Å². The number of sulfonamides is 1. The Labute approximate surface area is 208 Å². The Hall–Kier alpha value is -2.94. The zero-order chi connectivity index (χ0) is 24.8. The summed E-state index contributed by atoms with van der Waals surface area (Å²) in [4.78, 5) is 15.0. The molecule has 0 bridgehead atoms. The maximum atomic E-state index is 12.6.